The van der Waals surface area contributed by atoms with Crippen LogP contribution in [0.15, 0.2) is 48.7 Å². The van der Waals surface area contributed by atoms with Gasteiger partial charge in [-0.1, -0.05) is 38.1 Å². The van der Waals surface area contributed by atoms with Crippen molar-refractivity contribution in [2.24, 2.45) is 12.5 Å². The van der Waals surface area contributed by atoms with Crippen molar-refractivity contribution < 1.29 is 14.3 Å². The van der Waals surface area contributed by atoms with E-state index in [1.54, 1.807) is 11.1 Å². The fraction of sp³-hybridized carbons (Fsp3) is 0.433. The summed E-state index contributed by atoms with van der Waals surface area (Å²) in [5.41, 5.74) is 5.18. The van der Waals surface area contributed by atoms with Gasteiger partial charge in [-0.25, -0.2) is 9.78 Å². The number of rotatable bonds is 6. The Balaban J connectivity index is 1.11. The zero-order chi connectivity index (χ0) is 26.4. The lowest BCUT2D eigenvalue weighted by Gasteiger charge is -2.27. The van der Waals surface area contributed by atoms with Crippen LogP contribution in [0.5, 0.6) is 5.75 Å². The number of ether oxygens (including phenoxy) is 1. The molecule has 2 aromatic carbocycles. The molecular formula is C30H35N5O3. The van der Waals surface area contributed by atoms with Gasteiger partial charge in [-0.3, -0.25) is 19.9 Å². The van der Waals surface area contributed by atoms with Gasteiger partial charge < -0.3 is 9.30 Å². The highest BCUT2D eigenvalue weighted by molar-refractivity contribution is 6.05. The summed E-state index contributed by atoms with van der Waals surface area (Å²) in [7, 11) is 1.90. The number of carbonyl (C=O) groups excluding carboxylic acids is 2. The van der Waals surface area contributed by atoms with Gasteiger partial charge in [-0.2, -0.15) is 0 Å². The van der Waals surface area contributed by atoms with E-state index in [4.69, 9.17) is 4.74 Å². The van der Waals surface area contributed by atoms with Crippen LogP contribution in [0.25, 0.3) is 11.4 Å². The number of hydrogen-bond acceptors (Lipinski definition) is 5. The van der Waals surface area contributed by atoms with Crippen LogP contribution in [0.2, 0.25) is 0 Å². The highest BCUT2D eigenvalue weighted by atomic mass is 16.5. The summed E-state index contributed by atoms with van der Waals surface area (Å²) in [4.78, 5) is 32.5. The molecule has 1 saturated carbocycles. The maximum atomic E-state index is 12.3. The Morgan fingerprint density at radius 3 is 2.61 bits per heavy atom. The number of amides is 3. The van der Waals surface area contributed by atoms with Crippen LogP contribution in [0.3, 0.4) is 0 Å². The van der Waals surface area contributed by atoms with E-state index in [-0.39, 0.29) is 17.7 Å². The minimum Gasteiger partial charge on any atom is -0.490 e. The fourth-order valence-corrected chi connectivity index (χ4v) is 6.03. The second-order valence-corrected chi connectivity index (χ2v) is 11.5. The number of anilines is 1. The molecule has 198 valence electrons. The van der Waals surface area contributed by atoms with Crippen molar-refractivity contribution in [1.29, 1.82) is 0 Å². The van der Waals surface area contributed by atoms with E-state index in [9.17, 15) is 9.59 Å². The van der Waals surface area contributed by atoms with Gasteiger partial charge in [0.25, 0.3) is 0 Å². The number of nitrogens with zero attached hydrogens (tertiary/aromatic N) is 4. The molecule has 2 aliphatic heterocycles. The van der Waals surface area contributed by atoms with Crippen molar-refractivity contribution in [3.05, 3.63) is 65.4 Å². The first-order chi connectivity index (χ1) is 18.3. The molecule has 3 aliphatic rings. The molecule has 6 rings (SSSR count). The average Bonchev–Trinajstić information content (AvgIpc) is 3.56. The number of imide groups is 1. The maximum Gasteiger partial charge on any atom is 0.329 e. The van der Waals surface area contributed by atoms with Crippen molar-refractivity contribution in [3.8, 4) is 17.1 Å². The Labute approximate surface area is 223 Å². The first-order valence-electron chi connectivity index (χ1n) is 13.5. The Hall–Kier alpha value is -3.65. The third-order valence-electron chi connectivity index (χ3n) is 8.31. The molecule has 38 heavy (non-hydrogen) atoms. The van der Waals surface area contributed by atoms with Gasteiger partial charge in [0.15, 0.2) is 0 Å². The van der Waals surface area contributed by atoms with Crippen molar-refractivity contribution in [2.75, 3.05) is 11.4 Å². The third-order valence-corrected chi connectivity index (χ3v) is 8.31. The van der Waals surface area contributed by atoms with Crippen molar-refractivity contribution in [1.82, 2.24) is 19.8 Å². The number of urea groups is 1. The number of fused-ring (bicyclic) bond motifs is 1. The van der Waals surface area contributed by atoms with Gasteiger partial charge in [0, 0.05) is 50.6 Å². The summed E-state index contributed by atoms with van der Waals surface area (Å²) in [6.07, 6.45) is 5.89. The lowest BCUT2D eigenvalue weighted by Crippen LogP contribution is -2.50. The molecule has 0 radical (unpaired) electrons. The predicted octanol–water partition coefficient (Wildman–Crippen LogP) is 5.01. The van der Waals surface area contributed by atoms with Gasteiger partial charge in [0.05, 0.1) is 6.20 Å². The molecule has 2 fully saturated rings. The summed E-state index contributed by atoms with van der Waals surface area (Å²) in [5, 5.41) is 2.38. The van der Waals surface area contributed by atoms with E-state index in [2.05, 4.69) is 71.5 Å². The van der Waals surface area contributed by atoms with E-state index in [0.29, 0.717) is 18.5 Å². The summed E-state index contributed by atoms with van der Waals surface area (Å²) >= 11 is 0. The minimum absolute atomic E-state index is 0.241. The zero-order valence-corrected chi connectivity index (χ0v) is 22.4. The average molecular weight is 514 g/mol. The minimum atomic E-state index is -0.401. The molecule has 1 atom stereocenters. The smallest absolute Gasteiger partial charge is 0.329 e. The highest BCUT2D eigenvalue weighted by Crippen LogP contribution is 2.40. The van der Waals surface area contributed by atoms with Crippen molar-refractivity contribution in [3.63, 3.8) is 0 Å². The van der Waals surface area contributed by atoms with Gasteiger partial charge in [0.2, 0.25) is 5.91 Å². The van der Waals surface area contributed by atoms with E-state index >= 15 is 0 Å². The molecule has 3 heterocycles. The lowest BCUT2D eigenvalue weighted by molar-refractivity contribution is -0.120. The van der Waals surface area contributed by atoms with Crippen molar-refractivity contribution >= 4 is 17.8 Å². The molecule has 8 nitrogen and oxygen atoms in total. The number of nitrogens with one attached hydrogen (secondary N) is 1. The molecule has 1 aromatic heterocycles. The first-order valence-corrected chi connectivity index (χ1v) is 13.5. The van der Waals surface area contributed by atoms with E-state index in [1.807, 2.05) is 11.6 Å². The van der Waals surface area contributed by atoms with Gasteiger partial charge in [-0.05, 0) is 54.2 Å². The van der Waals surface area contributed by atoms with Crippen LogP contribution >= 0.6 is 0 Å². The molecule has 8 heteroatoms. The zero-order valence-electron chi connectivity index (χ0n) is 22.4. The van der Waals surface area contributed by atoms with E-state index in [1.165, 1.54) is 29.5 Å². The number of aromatic nitrogens is 2. The Morgan fingerprint density at radius 1 is 1.08 bits per heavy atom. The number of benzene rings is 2. The molecule has 1 N–H and O–H groups in total. The normalized spacial score (nSPS) is 21.0. The fourth-order valence-electron chi connectivity index (χ4n) is 6.03. The van der Waals surface area contributed by atoms with Crippen LogP contribution in [-0.4, -0.2) is 39.0 Å². The van der Waals surface area contributed by atoms with Gasteiger partial charge in [-0.15, -0.1) is 0 Å². The topological polar surface area (TPSA) is 79.7 Å². The molecule has 3 amide bonds. The monoisotopic (exact) mass is 513 g/mol. The van der Waals surface area contributed by atoms with Crippen LogP contribution in [0.4, 0.5) is 10.6 Å². The second-order valence-electron chi connectivity index (χ2n) is 11.5. The Kier molecular flexibility index (Phi) is 6.22. The molecule has 1 aliphatic carbocycles. The molecule has 0 bridgehead atoms. The molecule has 1 saturated heterocycles. The first kappa shape index (κ1) is 24.7. The quantitative estimate of drug-likeness (QED) is 0.502. The summed E-state index contributed by atoms with van der Waals surface area (Å²) < 4.78 is 8.24. The maximum absolute atomic E-state index is 12.3. The second kappa shape index (κ2) is 9.58. The highest BCUT2D eigenvalue weighted by Gasteiger charge is 2.36. The molecule has 3 aromatic rings. The summed E-state index contributed by atoms with van der Waals surface area (Å²) in [6.45, 7) is 7.64. The third kappa shape index (κ3) is 4.69. The summed E-state index contributed by atoms with van der Waals surface area (Å²) in [6, 6.07) is 14.7. The Bertz CT molecular complexity index is 1380. The summed E-state index contributed by atoms with van der Waals surface area (Å²) in [5.74, 6) is 2.20. The Morgan fingerprint density at radius 2 is 1.87 bits per heavy atom. The van der Waals surface area contributed by atoms with Crippen LogP contribution in [0.1, 0.15) is 56.2 Å². The number of imidazole rings is 1. The molecule has 0 spiro atoms. The SMILES string of the molecule is Cn1c(N2CCC(=O)NC2=O)cnc1-c1ccc2c(c1)CN(Cc1ccc(O[C@H]3CCCC3(C)C)cc1)C2. The van der Waals surface area contributed by atoms with Gasteiger partial charge >= 0.3 is 6.03 Å². The number of hydrogen-bond donors (Lipinski definition) is 1. The van der Waals surface area contributed by atoms with Crippen LogP contribution in [0, 0.1) is 5.41 Å². The standard InChI is InChI=1S/C30H35N5O3/c1-30(2)13-4-5-25(30)38-24-10-6-20(7-11-24)17-34-18-22-9-8-21(15-23(22)19-34)28-31-16-27(33(28)3)35-14-12-26(36)32-29(35)37/h6-11,15-16,25H,4-5,12-14,17-19H2,1-3H3,(H,32,36,37)/t25-/m0/s1. The van der Waals surface area contributed by atoms with Crippen LogP contribution in [-0.2, 0) is 31.5 Å². The lowest BCUT2D eigenvalue weighted by atomic mass is 9.89. The van der Waals surface area contributed by atoms with Crippen molar-refractivity contribution in [2.45, 2.75) is 65.3 Å². The largest absolute Gasteiger partial charge is 0.490 e. The van der Waals surface area contributed by atoms with Gasteiger partial charge in [0.1, 0.15) is 23.5 Å². The molecular weight excluding hydrogens is 478 g/mol. The van der Waals surface area contributed by atoms with E-state index < -0.39 is 6.03 Å². The number of carbonyl (C=O) groups is 2. The van der Waals surface area contributed by atoms with Crippen LogP contribution < -0.4 is 15.0 Å². The molecule has 0 unspecified atom stereocenters. The van der Waals surface area contributed by atoms with E-state index in [0.717, 1.165) is 43.2 Å². The predicted molar refractivity (Wildman–Crippen MR) is 146 cm³/mol.